The highest BCUT2D eigenvalue weighted by Gasteiger charge is 2.15. The Kier molecular flexibility index (Phi) is 3.94. The molecule has 0 radical (unpaired) electrons. The van der Waals surface area contributed by atoms with Gasteiger partial charge in [-0.15, -0.1) is 0 Å². The van der Waals surface area contributed by atoms with Crippen LogP contribution in [0.4, 0.5) is 0 Å². The fourth-order valence-electron chi connectivity index (χ4n) is 5.43. The van der Waals surface area contributed by atoms with E-state index in [0.717, 1.165) is 44.2 Å². The van der Waals surface area contributed by atoms with Crippen LogP contribution in [0.15, 0.2) is 126 Å². The first-order valence-corrected chi connectivity index (χ1v) is 12.1. The Hall–Kier alpha value is -4.89. The van der Waals surface area contributed by atoms with E-state index in [9.17, 15) is 0 Å². The molecule has 8 aromatic rings. The van der Waals surface area contributed by atoms with Crippen molar-refractivity contribution in [3.05, 3.63) is 122 Å². The zero-order chi connectivity index (χ0) is 23.6. The Morgan fingerprint density at radius 1 is 0.583 bits per heavy atom. The summed E-state index contributed by atoms with van der Waals surface area (Å²) in [6, 6.07) is 38.5. The molecule has 0 aliphatic carbocycles. The highest BCUT2D eigenvalue weighted by atomic mass is 16.3. The van der Waals surface area contributed by atoms with E-state index in [4.69, 9.17) is 9.40 Å². The van der Waals surface area contributed by atoms with E-state index in [1.165, 1.54) is 27.3 Å². The highest BCUT2D eigenvalue weighted by molar-refractivity contribution is 6.19. The molecule has 3 heterocycles. The minimum atomic E-state index is 0.924. The summed E-state index contributed by atoms with van der Waals surface area (Å²) in [5, 5.41) is 7.06. The molecule has 0 spiro atoms. The first kappa shape index (κ1) is 19.4. The van der Waals surface area contributed by atoms with Gasteiger partial charge in [0.1, 0.15) is 16.8 Å². The molecule has 3 aromatic heterocycles. The second-order valence-electron chi connectivity index (χ2n) is 9.31. The number of hydrogen-bond acceptors (Lipinski definition) is 2. The van der Waals surface area contributed by atoms with Crippen molar-refractivity contribution in [1.82, 2.24) is 9.38 Å². The second kappa shape index (κ2) is 7.30. The van der Waals surface area contributed by atoms with Crippen LogP contribution in [0.25, 0.3) is 71.5 Å². The van der Waals surface area contributed by atoms with Crippen LogP contribution in [-0.2, 0) is 0 Å². The van der Waals surface area contributed by atoms with E-state index in [-0.39, 0.29) is 0 Å². The first-order valence-electron chi connectivity index (χ1n) is 12.1. The molecule has 0 saturated heterocycles. The van der Waals surface area contributed by atoms with Crippen LogP contribution in [0.3, 0.4) is 0 Å². The molecule has 0 saturated carbocycles. The molecule has 36 heavy (non-hydrogen) atoms. The molecule has 5 aromatic carbocycles. The number of aromatic nitrogens is 2. The monoisotopic (exact) mass is 460 g/mol. The summed E-state index contributed by atoms with van der Waals surface area (Å²) in [5.41, 5.74) is 7.35. The molecule has 168 valence electrons. The lowest BCUT2D eigenvalue weighted by Crippen LogP contribution is -1.85. The molecular weight excluding hydrogens is 440 g/mol. The zero-order valence-corrected chi connectivity index (χ0v) is 19.3. The average molecular weight is 461 g/mol. The normalized spacial score (nSPS) is 11.9. The molecule has 0 aliphatic heterocycles. The predicted octanol–water partition coefficient (Wildman–Crippen LogP) is 8.87. The third-order valence-corrected chi connectivity index (χ3v) is 7.20. The van der Waals surface area contributed by atoms with Crippen LogP contribution in [0, 0.1) is 0 Å². The average Bonchev–Trinajstić information content (AvgIpc) is 3.54. The van der Waals surface area contributed by atoms with Gasteiger partial charge in [-0.3, -0.25) is 0 Å². The summed E-state index contributed by atoms with van der Waals surface area (Å²) in [5.74, 6) is 0. The van der Waals surface area contributed by atoms with Crippen molar-refractivity contribution in [1.29, 1.82) is 0 Å². The predicted molar refractivity (Wildman–Crippen MR) is 148 cm³/mol. The lowest BCUT2D eigenvalue weighted by Gasteiger charge is -2.10. The van der Waals surface area contributed by atoms with E-state index >= 15 is 0 Å². The van der Waals surface area contributed by atoms with Crippen LogP contribution in [0.1, 0.15) is 0 Å². The third-order valence-electron chi connectivity index (χ3n) is 7.20. The van der Waals surface area contributed by atoms with Crippen LogP contribution >= 0.6 is 0 Å². The molecule has 3 nitrogen and oxygen atoms in total. The van der Waals surface area contributed by atoms with Gasteiger partial charge in [0.2, 0.25) is 0 Å². The summed E-state index contributed by atoms with van der Waals surface area (Å²) in [6.07, 6.45) is 4.12. The van der Waals surface area contributed by atoms with Gasteiger partial charge in [-0.1, -0.05) is 72.8 Å². The minimum absolute atomic E-state index is 0.924. The maximum atomic E-state index is 6.30. The van der Waals surface area contributed by atoms with E-state index in [2.05, 4.69) is 89.5 Å². The SMILES string of the molecule is c1ccc2c(c1)oc1c3ccccc3c(-c3ccc4cc(-c5cn6ccccc6n5)ccc4c3)cc21. The molecule has 0 atom stereocenters. The van der Waals surface area contributed by atoms with Crippen molar-refractivity contribution < 1.29 is 4.42 Å². The molecule has 3 heteroatoms. The van der Waals surface area contributed by atoms with Gasteiger partial charge in [0.25, 0.3) is 0 Å². The number of para-hydroxylation sites is 1. The maximum Gasteiger partial charge on any atom is 0.143 e. The standard InChI is InChI=1S/C33H20N2O/c1-2-9-27-25(7-1)28(19-29-26-8-3-4-10-31(26)36-33(27)29)23-14-12-22-18-24(15-13-21(22)17-23)30-20-35-16-6-5-11-32(35)34-30/h1-20H. The van der Waals surface area contributed by atoms with Gasteiger partial charge in [0.05, 0.1) is 5.69 Å². The minimum Gasteiger partial charge on any atom is -0.455 e. The van der Waals surface area contributed by atoms with Crippen molar-refractivity contribution in [2.45, 2.75) is 0 Å². The number of nitrogens with zero attached hydrogens (tertiary/aromatic N) is 2. The lowest BCUT2D eigenvalue weighted by molar-refractivity contribution is 0.672. The number of benzene rings is 5. The van der Waals surface area contributed by atoms with Crippen molar-refractivity contribution in [2.24, 2.45) is 0 Å². The zero-order valence-electron chi connectivity index (χ0n) is 19.3. The van der Waals surface area contributed by atoms with Crippen molar-refractivity contribution in [3.8, 4) is 22.4 Å². The first-order chi connectivity index (χ1) is 17.8. The maximum absolute atomic E-state index is 6.30. The lowest BCUT2D eigenvalue weighted by atomic mass is 9.93. The fourth-order valence-corrected chi connectivity index (χ4v) is 5.43. The van der Waals surface area contributed by atoms with E-state index in [1.807, 2.05) is 36.5 Å². The summed E-state index contributed by atoms with van der Waals surface area (Å²) in [6.45, 7) is 0. The topological polar surface area (TPSA) is 30.4 Å². The molecule has 0 unspecified atom stereocenters. The van der Waals surface area contributed by atoms with Gasteiger partial charge >= 0.3 is 0 Å². The molecule has 8 rings (SSSR count). The van der Waals surface area contributed by atoms with Gasteiger partial charge in [-0.05, 0) is 63.7 Å². The number of rotatable bonds is 2. The van der Waals surface area contributed by atoms with Crippen LogP contribution < -0.4 is 0 Å². The summed E-state index contributed by atoms with van der Waals surface area (Å²) < 4.78 is 8.36. The molecule has 0 aliphatic rings. The van der Waals surface area contributed by atoms with Crippen LogP contribution in [0.5, 0.6) is 0 Å². The summed E-state index contributed by atoms with van der Waals surface area (Å²) in [4.78, 5) is 4.79. The molecule has 0 N–H and O–H groups in total. The molecule has 0 fully saturated rings. The Labute approximate surface area is 206 Å². The summed E-state index contributed by atoms with van der Waals surface area (Å²) >= 11 is 0. The highest BCUT2D eigenvalue weighted by Crippen LogP contribution is 2.40. The molecular formula is C33H20N2O. The van der Waals surface area contributed by atoms with Gasteiger partial charge in [-0.2, -0.15) is 0 Å². The second-order valence-corrected chi connectivity index (χ2v) is 9.31. The van der Waals surface area contributed by atoms with Gasteiger partial charge in [0.15, 0.2) is 0 Å². The Balaban J connectivity index is 1.31. The molecule has 0 amide bonds. The van der Waals surface area contributed by atoms with Crippen LogP contribution in [0.2, 0.25) is 0 Å². The Morgan fingerprint density at radius 3 is 2.17 bits per heavy atom. The van der Waals surface area contributed by atoms with Gasteiger partial charge in [0, 0.05) is 34.1 Å². The van der Waals surface area contributed by atoms with E-state index in [0.29, 0.717) is 0 Å². The number of pyridine rings is 1. The van der Waals surface area contributed by atoms with Crippen molar-refractivity contribution in [2.75, 3.05) is 0 Å². The molecule has 0 bridgehead atoms. The largest absolute Gasteiger partial charge is 0.455 e. The van der Waals surface area contributed by atoms with Crippen molar-refractivity contribution >= 4 is 49.1 Å². The Morgan fingerprint density at radius 2 is 1.31 bits per heavy atom. The van der Waals surface area contributed by atoms with Crippen LogP contribution in [-0.4, -0.2) is 9.38 Å². The van der Waals surface area contributed by atoms with Crippen molar-refractivity contribution in [3.63, 3.8) is 0 Å². The van der Waals surface area contributed by atoms with Gasteiger partial charge < -0.3 is 8.82 Å². The fraction of sp³-hybridized carbons (Fsp3) is 0. The Bertz CT molecular complexity index is 2080. The van der Waals surface area contributed by atoms with Gasteiger partial charge in [-0.25, -0.2) is 4.98 Å². The van der Waals surface area contributed by atoms with E-state index < -0.39 is 0 Å². The third kappa shape index (κ3) is 2.83. The number of fused-ring (bicyclic) bond motifs is 7. The number of imidazole rings is 1. The van der Waals surface area contributed by atoms with E-state index in [1.54, 1.807) is 0 Å². The summed E-state index contributed by atoms with van der Waals surface area (Å²) in [7, 11) is 0. The number of hydrogen-bond donors (Lipinski definition) is 0. The number of furan rings is 1. The smallest absolute Gasteiger partial charge is 0.143 e. The quantitative estimate of drug-likeness (QED) is 0.258.